The Labute approximate surface area is 325 Å². The summed E-state index contributed by atoms with van der Waals surface area (Å²) in [5.74, 6) is 0.861. The summed E-state index contributed by atoms with van der Waals surface area (Å²) in [5.41, 5.74) is 16.1. The van der Waals surface area contributed by atoms with Gasteiger partial charge in [-0.2, -0.15) is 0 Å². The van der Waals surface area contributed by atoms with Gasteiger partial charge in [-0.15, -0.1) is 0 Å². The standard InChI is InChI=1S/C51H38N4O/c1-33-27-34(2)50(35(3)28-33)54(39-20-14-19-38(29-39)44-31-43-41-21-10-11-22-46(41)56-47(43)32-53-44)40-24-25-42-45(30-40)55(48-23-12-13-26-52-48)51(37-17-8-5-9-18-37)49(42)36-15-6-4-7-16-36/h4-32H,1-3H3. The molecule has 6 aromatic carbocycles. The highest BCUT2D eigenvalue weighted by Gasteiger charge is 2.25. The van der Waals surface area contributed by atoms with E-state index in [0.717, 1.165) is 83.8 Å². The molecule has 0 aliphatic rings. The van der Waals surface area contributed by atoms with E-state index in [-0.39, 0.29) is 0 Å². The third-order valence-corrected chi connectivity index (χ3v) is 10.7. The Morgan fingerprint density at radius 2 is 1.21 bits per heavy atom. The number of benzene rings is 6. The highest BCUT2D eigenvalue weighted by molar-refractivity contribution is 6.08. The Hall–Kier alpha value is -7.24. The predicted octanol–water partition coefficient (Wildman–Crippen LogP) is 13.7. The van der Waals surface area contributed by atoms with E-state index in [1.165, 1.54) is 22.3 Å². The van der Waals surface area contributed by atoms with Crippen LogP contribution in [0.15, 0.2) is 181 Å². The van der Waals surface area contributed by atoms with Crippen LogP contribution in [0.25, 0.3) is 72.3 Å². The first-order valence-corrected chi connectivity index (χ1v) is 19.0. The monoisotopic (exact) mass is 722 g/mol. The molecule has 0 atom stereocenters. The van der Waals surface area contributed by atoms with Crippen molar-refractivity contribution in [1.82, 2.24) is 14.5 Å². The van der Waals surface area contributed by atoms with E-state index in [2.05, 4.69) is 176 Å². The minimum atomic E-state index is 0.785. The van der Waals surface area contributed by atoms with Gasteiger partial charge in [0.2, 0.25) is 0 Å². The van der Waals surface area contributed by atoms with Gasteiger partial charge >= 0.3 is 0 Å². The molecule has 0 radical (unpaired) electrons. The fraction of sp³-hybridized carbons (Fsp3) is 0.0588. The second-order valence-corrected chi connectivity index (χ2v) is 14.5. The molecule has 0 spiro atoms. The molecular weight excluding hydrogens is 685 g/mol. The van der Waals surface area contributed by atoms with Gasteiger partial charge in [0.15, 0.2) is 5.58 Å². The quantitative estimate of drug-likeness (QED) is 0.164. The van der Waals surface area contributed by atoms with Crippen LogP contribution in [0.4, 0.5) is 17.1 Å². The molecule has 5 heteroatoms. The Bertz CT molecular complexity index is 3030. The zero-order valence-corrected chi connectivity index (χ0v) is 31.4. The number of nitrogens with zero attached hydrogens (tertiary/aromatic N) is 4. The highest BCUT2D eigenvalue weighted by atomic mass is 16.3. The molecule has 0 saturated carbocycles. The molecule has 0 fully saturated rings. The summed E-state index contributed by atoms with van der Waals surface area (Å²) in [6.45, 7) is 6.59. The van der Waals surface area contributed by atoms with E-state index >= 15 is 0 Å². The molecular formula is C51H38N4O. The van der Waals surface area contributed by atoms with E-state index in [1.54, 1.807) is 0 Å². The molecule has 0 N–H and O–H groups in total. The molecule has 4 heterocycles. The van der Waals surface area contributed by atoms with Crippen LogP contribution in [0, 0.1) is 20.8 Å². The van der Waals surface area contributed by atoms with Crippen molar-refractivity contribution < 1.29 is 4.42 Å². The molecule has 268 valence electrons. The van der Waals surface area contributed by atoms with E-state index in [0.29, 0.717) is 0 Å². The highest BCUT2D eigenvalue weighted by Crippen LogP contribution is 2.46. The number of aryl methyl sites for hydroxylation is 3. The van der Waals surface area contributed by atoms with Gasteiger partial charge < -0.3 is 9.32 Å². The zero-order chi connectivity index (χ0) is 37.8. The molecule has 0 aliphatic heterocycles. The Morgan fingerprint density at radius 3 is 1.98 bits per heavy atom. The lowest BCUT2D eigenvalue weighted by atomic mass is 9.98. The van der Waals surface area contributed by atoms with E-state index in [4.69, 9.17) is 14.4 Å². The summed E-state index contributed by atoms with van der Waals surface area (Å²) in [6, 6.07) is 57.9. The number of pyridine rings is 2. The summed E-state index contributed by atoms with van der Waals surface area (Å²) in [7, 11) is 0. The summed E-state index contributed by atoms with van der Waals surface area (Å²) in [6.07, 6.45) is 3.72. The van der Waals surface area contributed by atoms with Crippen molar-refractivity contribution in [1.29, 1.82) is 0 Å². The average molecular weight is 723 g/mol. The van der Waals surface area contributed by atoms with Gasteiger partial charge in [0.1, 0.15) is 11.4 Å². The van der Waals surface area contributed by atoms with Crippen molar-refractivity contribution in [2.24, 2.45) is 0 Å². The number of hydrogen-bond acceptors (Lipinski definition) is 4. The minimum absolute atomic E-state index is 0.785. The van der Waals surface area contributed by atoms with Crippen molar-refractivity contribution in [2.75, 3.05) is 4.90 Å². The van der Waals surface area contributed by atoms with Gasteiger partial charge in [0.05, 0.1) is 28.8 Å². The van der Waals surface area contributed by atoms with Crippen LogP contribution in [0.5, 0.6) is 0 Å². The SMILES string of the molecule is Cc1cc(C)c(N(c2cccc(-c3cc4c(cn3)oc3ccccc34)c2)c2ccc3c(-c4ccccc4)c(-c4ccccc4)n(-c4ccccn4)c3c2)c(C)c1. The first kappa shape index (κ1) is 33.3. The van der Waals surface area contributed by atoms with E-state index < -0.39 is 0 Å². The second kappa shape index (κ2) is 13.6. The molecule has 56 heavy (non-hydrogen) atoms. The molecule has 0 saturated heterocycles. The van der Waals surface area contributed by atoms with Crippen molar-refractivity contribution >= 4 is 49.9 Å². The van der Waals surface area contributed by atoms with Crippen LogP contribution in [0.2, 0.25) is 0 Å². The molecule has 4 aromatic heterocycles. The topological polar surface area (TPSA) is 47.1 Å². The zero-order valence-electron chi connectivity index (χ0n) is 31.4. The summed E-state index contributed by atoms with van der Waals surface area (Å²) >= 11 is 0. The van der Waals surface area contributed by atoms with Crippen LogP contribution in [0.1, 0.15) is 16.7 Å². The first-order chi connectivity index (χ1) is 27.5. The predicted molar refractivity (Wildman–Crippen MR) is 231 cm³/mol. The lowest BCUT2D eigenvalue weighted by Gasteiger charge is -2.29. The number of anilines is 3. The van der Waals surface area contributed by atoms with Gasteiger partial charge in [-0.05, 0) is 91.6 Å². The third kappa shape index (κ3) is 5.64. The lowest BCUT2D eigenvalue weighted by molar-refractivity contribution is 0.667. The number of para-hydroxylation sites is 1. The second-order valence-electron chi connectivity index (χ2n) is 14.5. The number of furan rings is 1. The van der Waals surface area contributed by atoms with Gasteiger partial charge in [-0.1, -0.05) is 121 Å². The van der Waals surface area contributed by atoms with Crippen molar-refractivity contribution in [3.8, 4) is 39.5 Å². The molecule has 0 bridgehead atoms. The Morgan fingerprint density at radius 1 is 0.518 bits per heavy atom. The molecule has 10 aromatic rings. The van der Waals surface area contributed by atoms with Gasteiger partial charge in [-0.3, -0.25) is 9.55 Å². The largest absolute Gasteiger partial charge is 0.454 e. The van der Waals surface area contributed by atoms with Gasteiger partial charge in [-0.25, -0.2) is 4.98 Å². The van der Waals surface area contributed by atoms with Crippen LogP contribution >= 0.6 is 0 Å². The van der Waals surface area contributed by atoms with Crippen molar-refractivity contribution in [2.45, 2.75) is 20.8 Å². The summed E-state index contributed by atoms with van der Waals surface area (Å²) in [5, 5.41) is 3.30. The lowest BCUT2D eigenvalue weighted by Crippen LogP contribution is -2.13. The van der Waals surface area contributed by atoms with Gasteiger partial charge in [0.25, 0.3) is 0 Å². The van der Waals surface area contributed by atoms with Crippen molar-refractivity contribution in [3.63, 3.8) is 0 Å². The van der Waals surface area contributed by atoms with Crippen LogP contribution in [-0.2, 0) is 0 Å². The number of fused-ring (bicyclic) bond motifs is 4. The maximum absolute atomic E-state index is 6.12. The Kier molecular flexibility index (Phi) is 8.07. The first-order valence-electron chi connectivity index (χ1n) is 19.0. The normalized spacial score (nSPS) is 11.5. The van der Waals surface area contributed by atoms with E-state index in [1.807, 2.05) is 30.6 Å². The minimum Gasteiger partial charge on any atom is -0.454 e. The fourth-order valence-corrected chi connectivity index (χ4v) is 8.43. The molecule has 5 nitrogen and oxygen atoms in total. The molecule has 0 unspecified atom stereocenters. The number of aromatic nitrogens is 3. The summed E-state index contributed by atoms with van der Waals surface area (Å²) < 4.78 is 8.45. The maximum atomic E-state index is 6.12. The number of rotatable bonds is 7. The van der Waals surface area contributed by atoms with Crippen molar-refractivity contribution in [3.05, 3.63) is 193 Å². The van der Waals surface area contributed by atoms with Crippen LogP contribution < -0.4 is 4.90 Å². The third-order valence-electron chi connectivity index (χ3n) is 10.7. The van der Waals surface area contributed by atoms with Crippen LogP contribution in [-0.4, -0.2) is 14.5 Å². The van der Waals surface area contributed by atoms with Crippen LogP contribution in [0.3, 0.4) is 0 Å². The smallest absolute Gasteiger partial charge is 0.153 e. The summed E-state index contributed by atoms with van der Waals surface area (Å²) in [4.78, 5) is 12.2. The fourth-order valence-electron chi connectivity index (χ4n) is 8.43. The van der Waals surface area contributed by atoms with E-state index in [9.17, 15) is 0 Å². The molecule has 10 rings (SSSR count). The average Bonchev–Trinajstić information content (AvgIpc) is 3.78. The Balaban J connectivity index is 1.23. The molecule has 0 amide bonds. The maximum Gasteiger partial charge on any atom is 0.153 e. The number of hydrogen-bond donors (Lipinski definition) is 0. The van der Waals surface area contributed by atoms with Gasteiger partial charge in [0, 0.05) is 44.9 Å². The molecule has 0 aliphatic carbocycles.